The second-order valence-corrected chi connectivity index (χ2v) is 5.62. The lowest BCUT2D eigenvalue weighted by atomic mass is 10.0. The minimum absolute atomic E-state index is 0.0536. The highest BCUT2D eigenvalue weighted by Crippen LogP contribution is 2.26. The van der Waals surface area contributed by atoms with Crippen LogP contribution in [0.15, 0.2) is 42.5 Å². The molecule has 0 bridgehead atoms. The van der Waals surface area contributed by atoms with Crippen molar-refractivity contribution >= 4 is 0 Å². The second-order valence-electron chi connectivity index (χ2n) is 5.62. The van der Waals surface area contributed by atoms with Gasteiger partial charge in [0.15, 0.2) is 0 Å². The molecule has 0 aliphatic carbocycles. The molecule has 0 saturated carbocycles. The molecule has 2 rings (SSSR count). The van der Waals surface area contributed by atoms with Gasteiger partial charge in [0.05, 0.1) is 24.8 Å². The maximum absolute atomic E-state index is 10.3. The van der Waals surface area contributed by atoms with E-state index in [-0.39, 0.29) is 6.04 Å². The predicted octanol–water partition coefficient (Wildman–Crippen LogP) is 3.26. The number of nitrogens with one attached hydrogen (secondary N) is 1. The lowest BCUT2D eigenvalue weighted by Gasteiger charge is -2.20. The summed E-state index contributed by atoms with van der Waals surface area (Å²) in [5.74, 6) is 0.837. The van der Waals surface area contributed by atoms with Crippen LogP contribution in [0.2, 0.25) is 0 Å². The smallest absolute Gasteiger partial charge is 0.123 e. The molecule has 0 radical (unpaired) electrons. The van der Waals surface area contributed by atoms with Crippen molar-refractivity contribution in [1.29, 1.82) is 5.26 Å². The first-order valence-corrected chi connectivity index (χ1v) is 7.61. The molecule has 4 nitrogen and oxygen atoms in total. The van der Waals surface area contributed by atoms with Crippen LogP contribution in [0, 0.1) is 18.3 Å². The lowest BCUT2D eigenvalue weighted by Crippen LogP contribution is -2.25. The van der Waals surface area contributed by atoms with Crippen molar-refractivity contribution in [2.24, 2.45) is 0 Å². The van der Waals surface area contributed by atoms with Crippen molar-refractivity contribution in [2.75, 3.05) is 13.7 Å². The SMILES string of the molecule is COc1ccc(C)cc1C(C)NCC(O)c1ccc(C#N)cc1. The van der Waals surface area contributed by atoms with Gasteiger partial charge in [0, 0.05) is 18.2 Å². The van der Waals surface area contributed by atoms with Crippen LogP contribution in [0.25, 0.3) is 0 Å². The van der Waals surface area contributed by atoms with Crippen LogP contribution >= 0.6 is 0 Å². The van der Waals surface area contributed by atoms with Crippen LogP contribution in [-0.2, 0) is 0 Å². The van der Waals surface area contributed by atoms with Gasteiger partial charge in [-0.15, -0.1) is 0 Å². The number of hydrogen-bond acceptors (Lipinski definition) is 4. The summed E-state index contributed by atoms with van der Waals surface area (Å²) < 4.78 is 5.41. The molecule has 0 heterocycles. The fourth-order valence-corrected chi connectivity index (χ4v) is 2.49. The number of ether oxygens (including phenoxy) is 1. The van der Waals surface area contributed by atoms with E-state index in [1.165, 1.54) is 5.56 Å². The molecule has 4 heteroatoms. The molecule has 23 heavy (non-hydrogen) atoms. The Bertz CT molecular complexity index is 690. The van der Waals surface area contributed by atoms with E-state index in [4.69, 9.17) is 10.00 Å². The summed E-state index contributed by atoms with van der Waals surface area (Å²) in [5, 5.41) is 22.4. The molecule has 2 unspecified atom stereocenters. The van der Waals surface area contributed by atoms with E-state index in [1.807, 2.05) is 26.0 Å². The molecule has 120 valence electrons. The molecule has 0 spiro atoms. The molecule has 2 aromatic rings. The highest BCUT2D eigenvalue weighted by molar-refractivity contribution is 5.39. The topological polar surface area (TPSA) is 65.3 Å². The van der Waals surface area contributed by atoms with Crippen molar-refractivity contribution in [2.45, 2.75) is 26.0 Å². The minimum Gasteiger partial charge on any atom is -0.496 e. The summed E-state index contributed by atoms with van der Waals surface area (Å²) in [5.41, 5.74) is 3.62. The first-order chi connectivity index (χ1) is 11.0. The molecule has 0 aliphatic heterocycles. The molecular formula is C19H22N2O2. The van der Waals surface area contributed by atoms with Crippen molar-refractivity contribution in [3.63, 3.8) is 0 Å². The third kappa shape index (κ3) is 4.32. The fourth-order valence-electron chi connectivity index (χ4n) is 2.49. The normalized spacial score (nSPS) is 13.2. The third-order valence-electron chi connectivity index (χ3n) is 3.89. The van der Waals surface area contributed by atoms with Crippen molar-refractivity contribution < 1.29 is 9.84 Å². The van der Waals surface area contributed by atoms with Gasteiger partial charge in [-0.1, -0.05) is 29.8 Å². The van der Waals surface area contributed by atoms with E-state index in [2.05, 4.69) is 17.5 Å². The molecule has 0 amide bonds. The van der Waals surface area contributed by atoms with Gasteiger partial charge >= 0.3 is 0 Å². The monoisotopic (exact) mass is 310 g/mol. The summed E-state index contributed by atoms with van der Waals surface area (Å²) in [7, 11) is 1.66. The Labute approximate surface area is 137 Å². The number of aryl methyl sites for hydroxylation is 1. The average molecular weight is 310 g/mol. The fraction of sp³-hybridized carbons (Fsp3) is 0.316. The predicted molar refractivity (Wildman–Crippen MR) is 90.3 cm³/mol. The zero-order chi connectivity index (χ0) is 16.8. The van der Waals surface area contributed by atoms with E-state index in [0.29, 0.717) is 12.1 Å². The highest BCUT2D eigenvalue weighted by atomic mass is 16.5. The van der Waals surface area contributed by atoms with Crippen LogP contribution in [0.1, 0.15) is 41.3 Å². The Hall–Kier alpha value is -2.35. The summed E-state index contributed by atoms with van der Waals surface area (Å²) in [6.07, 6.45) is -0.624. The first kappa shape index (κ1) is 17.0. The first-order valence-electron chi connectivity index (χ1n) is 7.61. The molecule has 0 saturated heterocycles. The van der Waals surface area contributed by atoms with Gasteiger partial charge in [-0.25, -0.2) is 0 Å². The number of rotatable bonds is 6. The van der Waals surface area contributed by atoms with Gasteiger partial charge in [0.25, 0.3) is 0 Å². The van der Waals surface area contributed by atoms with Crippen LogP contribution in [0.5, 0.6) is 5.75 Å². The molecule has 2 aromatic carbocycles. The number of aliphatic hydroxyl groups is 1. The van der Waals surface area contributed by atoms with E-state index in [1.54, 1.807) is 31.4 Å². The maximum Gasteiger partial charge on any atom is 0.123 e. The lowest BCUT2D eigenvalue weighted by molar-refractivity contribution is 0.170. The van der Waals surface area contributed by atoms with Gasteiger partial charge in [-0.2, -0.15) is 5.26 Å². The number of nitriles is 1. The van der Waals surface area contributed by atoms with E-state index < -0.39 is 6.10 Å². The van der Waals surface area contributed by atoms with E-state index >= 15 is 0 Å². The van der Waals surface area contributed by atoms with Crippen molar-refractivity contribution in [3.05, 3.63) is 64.7 Å². The van der Waals surface area contributed by atoms with Gasteiger partial charge < -0.3 is 15.2 Å². The van der Waals surface area contributed by atoms with Crippen LogP contribution in [-0.4, -0.2) is 18.8 Å². The molecule has 0 aliphatic rings. The summed E-state index contributed by atoms with van der Waals surface area (Å²) >= 11 is 0. The standard InChI is InChI=1S/C19H22N2O2/c1-13-4-9-19(23-3)17(10-13)14(2)21-12-18(22)16-7-5-15(11-20)6-8-16/h4-10,14,18,21-22H,12H2,1-3H3. The van der Waals surface area contributed by atoms with Gasteiger partial charge in [-0.3, -0.25) is 0 Å². The quantitative estimate of drug-likeness (QED) is 0.859. The van der Waals surface area contributed by atoms with Crippen LogP contribution in [0.4, 0.5) is 0 Å². The Morgan fingerprint density at radius 3 is 2.52 bits per heavy atom. The largest absolute Gasteiger partial charge is 0.496 e. The average Bonchev–Trinajstić information content (AvgIpc) is 2.59. The van der Waals surface area contributed by atoms with Crippen molar-refractivity contribution in [3.8, 4) is 11.8 Å². The summed E-state index contributed by atoms with van der Waals surface area (Å²) in [6, 6.07) is 15.2. The van der Waals surface area contributed by atoms with E-state index in [0.717, 1.165) is 16.9 Å². The zero-order valence-corrected chi connectivity index (χ0v) is 13.7. The molecule has 0 fully saturated rings. The Balaban J connectivity index is 2.02. The Morgan fingerprint density at radius 2 is 1.91 bits per heavy atom. The number of hydrogen-bond donors (Lipinski definition) is 2. The van der Waals surface area contributed by atoms with Crippen LogP contribution < -0.4 is 10.1 Å². The summed E-state index contributed by atoms with van der Waals surface area (Å²) in [4.78, 5) is 0. The number of nitrogens with zero attached hydrogens (tertiary/aromatic N) is 1. The maximum atomic E-state index is 10.3. The van der Waals surface area contributed by atoms with Gasteiger partial charge in [0.2, 0.25) is 0 Å². The highest BCUT2D eigenvalue weighted by Gasteiger charge is 2.14. The zero-order valence-electron chi connectivity index (χ0n) is 13.7. The number of aliphatic hydroxyl groups excluding tert-OH is 1. The molecule has 0 aromatic heterocycles. The minimum atomic E-state index is -0.624. The Morgan fingerprint density at radius 1 is 1.22 bits per heavy atom. The second kappa shape index (κ2) is 7.77. The Kier molecular flexibility index (Phi) is 5.75. The van der Waals surface area contributed by atoms with Gasteiger partial charge in [0.1, 0.15) is 5.75 Å². The third-order valence-corrected chi connectivity index (χ3v) is 3.89. The van der Waals surface area contributed by atoms with Crippen LogP contribution in [0.3, 0.4) is 0 Å². The van der Waals surface area contributed by atoms with Gasteiger partial charge in [-0.05, 0) is 37.6 Å². The molecular weight excluding hydrogens is 288 g/mol. The number of benzene rings is 2. The molecule has 2 N–H and O–H groups in total. The molecule has 2 atom stereocenters. The van der Waals surface area contributed by atoms with E-state index in [9.17, 15) is 5.11 Å². The number of methoxy groups -OCH3 is 1. The van der Waals surface area contributed by atoms with Crippen molar-refractivity contribution in [1.82, 2.24) is 5.32 Å². The summed E-state index contributed by atoms with van der Waals surface area (Å²) in [6.45, 7) is 4.51.